The van der Waals surface area contributed by atoms with Gasteiger partial charge in [0.25, 0.3) is 11.8 Å². The molecule has 2 rings (SSSR count). The molecule has 2 amide bonds. The van der Waals surface area contributed by atoms with Gasteiger partial charge in [-0.3, -0.25) is 14.4 Å². The number of carboxylic acids is 1. The molecule has 1 aromatic carbocycles. The molecule has 0 aliphatic carbocycles. The average Bonchev–Trinajstić information content (AvgIpc) is 2.43. The van der Waals surface area contributed by atoms with E-state index in [4.69, 9.17) is 9.84 Å². The van der Waals surface area contributed by atoms with Crippen LogP contribution in [0.15, 0.2) is 18.2 Å². The summed E-state index contributed by atoms with van der Waals surface area (Å²) in [5.74, 6) is -1.31. The van der Waals surface area contributed by atoms with Crippen LogP contribution in [0.1, 0.15) is 24.2 Å². The van der Waals surface area contributed by atoms with Crippen LogP contribution in [0.25, 0.3) is 0 Å². The number of fused-ring (bicyclic) bond motifs is 1. The number of nitrogens with one attached hydrogen (secondary N) is 1. The van der Waals surface area contributed by atoms with E-state index >= 15 is 0 Å². The van der Waals surface area contributed by atoms with E-state index in [2.05, 4.69) is 5.32 Å². The van der Waals surface area contributed by atoms with Crippen molar-refractivity contribution in [2.24, 2.45) is 0 Å². The van der Waals surface area contributed by atoms with Crippen LogP contribution < -0.4 is 10.1 Å². The summed E-state index contributed by atoms with van der Waals surface area (Å²) in [5, 5.41) is 11.5. The van der Waals surface area contributed by atoms with E-state index in [1.807, 2.05) is 0 Å². The maximum atomic E-state index is 12.4. The lowest BCUT2D eigenvalue weighted by atomic mass is 10.1. The number of carbonyl (C=O) groups excluding carboxylic acids is 2. The molecule has 0 spiro atoms. The highest BCUT2D eigenvalue weighted by Crippen LogP contribution is 2.29. The van der Waals surface area contributed by atoms with Gasteiger partial charge in [-0.25, -0.2) is 0 Å². The van der Waals surface area contributed by atoms with Crippen molar-refractivity contribution in [1.82, 2.24) is 4.90 Å². The van der Waals surface area contributed by atoms with Crippen LogP contribution in [0.5, 0.6) is 5.75 Å². The Balaban J connectivity index is 2.26. The SMILES string of the molecule is CC(C)N(CC(=O)O)C(=O)c1ccc2c(c1)OCC(=O)N2. The molecule has 0 saturated heterocycles. The van der Waals surface area contributed by atoms with Crippen LogP contribution in [-0.2, 0) is 9.59 Å². The van der Waals surface area contributed by atoms with Gasteiger partial charge >= 0.3 is 5.97 Å². The van der Waals surface area contributed by atoms with E-state index < -0.39 is 11.9 Å². The van der Waals surface area contributed by atoms with E-state index in [-0.39, 0.29) is 25.1 Å². The minimum atomic E-state index is -1.07. The van der Waals surface area contributed by atoms with Gasteiger partial charge in [0.15, 0.2) is 6.61 Å². The Hall–Kier alpha value is -2.57. The van der Waals surface area contributed by atoms with E-state index in [1.165, 1.54) is 17.0 Å². The topological polar surface area (TPSA) is 95.9 Å². The monoisotopic (exact) mass is 292 g/mol. The summed E-state index contributed by atoms with van der Waals surface area (Å²) in [5.41, 5.74) is 0.817. The molecule has 1 aliphatic heterocycles. The van der Waals surface area contributed by atoms with Gasteiger partial charge in [-0.2, -0.15) is 0 Å². The van der Waals surface area contributed by atoms with E-state index in [0.717, 1.165) is 0 Å². The second-order valence-electron chi connectivity index (χ2n) is 4.97. The van der Waals surface area contributed by atoms with Gasteiger partial charge in [0.1, 0.15) is 12.3 Å². The first-order valence-corrected chi connectivity index (χ1v) is 6.48. The van der Waals surface area contributed by atoms with Crippen molar-refractivity contribution in [1.29, 1.82) is 0 Å². The second-order valence-corrected chi connectivity index (χ2v) is 4.97. The Labute approximate surface area is 121 Å². The summed E-state index contributed by atoms with van der Waals surface area (Å²) in [6, 6.07) is 4.37. The zero-order valence-corrected chi connectivity index (χ0v) is 11.8. The summed E-state index contributed by atoms with van der Waals surface area (Å²) >= 11 is 0. The van der Waals surface area contributed by atoms with Crippen LogP contribution in [0, 0.1) is 0 Å². The number of anilines is 1. The molecule has 0 bridgehead atoms. The number of nitrogens with zero attached hydrogens (tertiary/aromatic N) is 1. The maximum Gasteiger partial charge on any atom is 0.323 e. The number of ether oxygens (including phenoxy) is 1. The third kappa shape index (κ3) is 3.31. The number of carboxylic acid groups (broad SMARTS) is 1. The second kappa shape index (κ2) is 5.82. The number of amides is 2. The molecule has 0 radical (unpaired) electrons. The molecule has 0 fully saturated rings. The molecule has 1 aliphatic rings. The van der Waals surface area contributed by atoms with Crippen molar-refractivity contribution in [3.63, 3.8) is 0 Å². The summed E-state index contributed by atoms with van der Waals surface area (Å²) < 4.78 is 5.25. The van der Waals surface area contributed by atoms with Crippen molar-refractivity contribution >= 4 is 23.5 Å². The number of hydrogen-bond donors (Lipinski definition) is 2. The molecular formula is C14H16N2O5. The minimum absolute atomic E-state index is 0.104. The highest BCUT2D eigenvalue weighted by Gasteiger charge is 2.23. The molecule has 0 atom stereocenters. The highest BCUT2D eigenvalue weighted by atomic mass is 16.5. The fourth-order valence-electron chi connectivity index (χ4n) is 2.01. The third-order valence-electron chi connectivity index (χ3n) is 3.05. The van der Waals surface area contributed by atoms with Crippen molar-refractivity contribution in [3.8, 4) is 5.75 Å². The number of rotatable bonds is 4. The lowest BCUT2D eigenvalue weighted by molar-refractivity contribution is -0.138. The van der Waals surface area contributed by atoms with Crippen molar-refractivity contribution in [2.45, 2.75) is 19.9 Å². The first-order valence-electron chi connectivity index (χ1n) is 6.48. The quantitative estimate of drug-likeness (QED) is 0.861. The Kier molecular flexibility index (Phi) is 4.11. The van der Waals surface area contributed by atoms with Crippen LogP contribution in [0.2, 0.25) is 0 Å². The third-order valence-corrected chi connectivity index (χ3v) is 3.05. The predicted molar refractivity (Wildman–Crippen MR) is 74.4 cm³/mol. The molecule has 7 nitrogen and oxygen atoms in total. The molecule has 21 heavy (non-hydrogen) atoms. The predicted octanol–water partition coefficient (Wildman–Crippen LogP) is 0.953. The van der Waals surface area contributed by atoms with Gasteiger partial charge < -0.3 is 20.1 Å². The molecule has 112 valence electrons. The average molecular weight is 292 g/mol. The Bertz CT molecular complexity index is 597. The van der Waals surface area contributed by atoms with Gasteiger partial charge in [-0.1, -0.05) is 0 Å². The number of carbonyl (C=O) groups is 3. The first kappa shape index (κ1) is 14.8. The van der Waals surface area contributed by atoms with Gasteiger partial charge in [0.2, 0.25) is 0 Å². The molecular weight excluding hydrogens is 276 g/mol. The fourth-order valence-corrected chi connectivity index (χ4v) is 2.01. The van der Waals surface area contributed by atoms with Crippen molar-refractivity contribution in [2.75, 3.05) is 18.5 Å². The van der Waals surface area contributed by atoms with Crippen LogP contribution in [0.3, 0.4) is 0 Å². The smallest absolute Gasteiger partial charge is 0.323 e. The molecule has 0 aromatic heterocycles. The standard InChI is InChI=1S/C14H16N2O5/c1-8(2)16(6-13(18)19)14(20)9-3-4-10-11(5-9)21-7-12(17)15-10/h3-5,8H,6-7H2,1-2H3,(H,15,17)(H,18,19). The Morgan fingerprint density at radius 2 is 2.14 bits per heavy atom. The first-order chi connectivity index (χ1) is 9.88. The van der Waals surface area contributed by atoms with Crippen LogP contribution in [-0.4, -0.2) is 47.0 Å². The minimum Gasteiger partial charge on any atom is -0.482 e. The van der Waals surface area contributed by atoms with Gasteiger partial charge in [-0.05, 0) is 32.0 Å². The summed E-state index contributed by atoms with van der Waals surface area (Å²) in [6.45, 7) is 3.02. The molecule has 0 unspecified atom stereocenters. The molecule has 1 heterocycles. The lowest BCUT2D eigenvalue weighted by Crippen LogP contribution is -2.40. The van der Waals surface area contributed by atoms with Gasteiger partial charge in [0, 0.05) is 11.6 Å². The van der Waals surface area contributed by atoms with Crippen molar-refractivity contribution in [3.05, 3.63) is 23.8 Å². The van der Waals surface area contributed by atoms with E-state index in [0.29, 0.717) is 17.0 Å². The number of hydrogen-bond acceptors (Lipinski definition) is 4. The lowest BCUT2D eigenvalue weighted by Gasteiger charge is -2.25. The molecule has 1 aromatic rings. The summed E-state index contributed by atoms with van der Waals surface area (Å²) in [6.07, 6.45) is 0. The normalized spacial score (nSPS) is 13.2. The van der Waals surface area contributed by atoms with Gasteiger partial charge in [0.05, 0.1) is 5.69 Å². The summed E-state index contributed by atoms with van der Waals surface area (Å²) in [4.78, 5) is 35.7. The van der Waals surface area contributed by atoms with Crippen molar-refractivity contribution < 1.29 is 24.2 Å². The van der Waals surface area contributed by atoms with E-state index in [9.17, 15) is 14.4 Å². The zero-order valence-electron chi connectivity index (χ0n) is 11.8. The van der Waals surface area contributed by atoms with E-state index in [1.54, 1.807) is 19.9 Å². The largest absolute Gasteiger partial charge is 0.482 e. The highest BCUT2D eigenvalue weighted by molar-refractivity contribution is 5.99. The molecule has 0 saturated carbocycles. The Morgan fingerprint density at radius 1 is 1.43 bits per heavy atom. The number of benzene rings is 1. The van der Waals surface area contributed by atoms with Crippen LogP contribution >= 0.6 is 0 Å². The number of aliphatic carboxylic acids is 1. The Morgan fingerprint density at radius 3 is 2.76 bits per heavy atom. The maximum absolute atomic E-state index is 12.4. The molecule has 2 N–H and O–H groups in total. The fraction of sp³-hybridized carbons (Fsp3) is 0.357. The summed E-state index contributed by atoms with van der Waals surface area (Å²) in [7, 11) is 0. The van der Waals surface area contributed by atoms with Gasteiger partial charge in [-0.15, -0.1) is 0 Å². The van der Waals surface area contributed by atoms with Crippen LogP contribution in [0.4, 0.5) is 5.69 Å². The molecule has 7 heteroatoms. The zero-order chi connectivity index (χ0) is 15.6.